The van der Waals surface area contributed by atoms with E-state index in [2.05, 4.69) is 9.97 Å². The van der Waals surface area contributed by atoms with E-state index in [1.807, 2.05) is 36.9 Å². The van der Waals surface area contributed by atoms with Crippen LogP contribution >= 0.6 is 0 Å². The van der Waals surface area contributed by atoms with Gasteiger partial charge in [0.15, 0.2) is 5.78 Å². The van der Waals surface area contributed by atoms with Crippen molar-refractivity contribution in [3.63, 3.8) is 0 Å². The summed E-state index contributed by atoms with van der Waals surface area (Å²) in [5.41, 5.74) is 3.79. The second-order valence-electron chi connectivity index (χ2n) is 7.85. The molecule has 2 aromatic heterocycles. The molecule has 7 nitrogen and oxygen atoms in total. The molecule has 30 heavy (non-hydrogen) atoms. The molecule has 0 saturated carbocycles. The predicted molar refractivity (Wildman–Crippen MR) is 116 cm³/mol. The smallest absolute Gasteiger partial charge is 0.255 e. The lowest BCUT2D eigenvalue weighted by molar-refractivity contribution is 0.0905. The van der Waals surface area contributed by atoms with Crippen LogP contribution in [0.5, 0.6) is 0 Å². The number of rotatable bonds is 4. The SMILES string of the molecule is Cc1cccc(C)c1C(=O)C1CCCN(c2nc(-c3ccncn3)cc(=O)n2C)C1. The van der Waals surface area contributed by atoms with Crippen molar-refractivity contribution in [1.29, 1.82) is 0 Å². The van der Waals surface area contributed by atoms with Gasteiger partial charge in [-0.25, -0.2) is 15.0 Å². The van der Waals surface area contributed by atoms with Gasteiger partial charge >= 0.3 is 0 Å². The average Bonchev–Trinajstić information content (AvgIpc) is 2.76. The molecule has 3 heterocycles. The minimum absolute atomic E-state index is 0.127. The van der Waals surface area contributed by atoms with E-state index in [0.29, 0.717) is 23.9 Å². The van der Waals surface area contributed by atoms with Crippen LogP contribution in [0, 0.1) is 19.8 Å². The Hall–Kier alpha value is -3.35. The number of aromatic nitrogens is 4. The molecule has 0 aliphatic carbocycles. The fourth-order valence-corrected chi connectivity index (χ4v) is 4.16. The summed E-state index contributed by atoms with van der Waals surface area (Å²) in [6.07, 6.45) is 4.77. The van der Waals surface area contributed by atoms with Gasteiger partial charge in [0.05, 0.1) is 11.4 Å². The number of carbonyl (C=O) groups is 1. The summed E-state index contributed by atoms with van der Waals surface area (Å²) in [7, 11) is 1.71. The third-order valence-corrected chi connectivity index (χ3v) is 5.76. The summed E-state index contributed by atoms with van der Waals surface area (Å²) in [4.78, 5) is 40.8. The van der Waals surface area contributed by atoms with E-state index in [9.17, 15) is 9.59 Å². The Morgan fingerprint density at radius 3 is 2.60 bits per heavy atom. The lowest BCUT2D eigenvalue weighted by Crippen LogP contribution is -2.42. The largest absolute Gasteiger partial charge is 0.341 e. The topological polar surface area (TPSA) is 81.0 Å². The highest BCUT2D eigenvalue weighted by Gasteiger charge is 2.30. The summed E-state index contributed by atoms with van der Waals surface area (Å²) in [5, 5.41) is 0. The molecule has 1 aliphatic rings. The monoisotopic (exact) mass is 403 g/mol. The van der Waals surface area contributed by atoms with Gasteiger partial charge < -0.3 is 4.90 Å². The van der Waals surface area contributed by atoms with E-state index in [0.717, 1.165) is 36.1 Å². The first kappa shape index (κ1) is 19.9. The summed E-state index contributed by atoms with van der Waals surface area (Å²) in [6, 6.07) is 9.16. The molecule has 7 heteroatoms. The highest BCUT2D eigenvalue weighted by Crippen LogP contribution is 2.27. The molecule has 0 amide bonds. The van der Waals surface area contributed by atoms with Gasteiger partial charge in [-0.05, 0) is 43.9 Å². The van der Waals surface area contributed by atoms with Crippen LogP contribution in [0.25, 0.3) is 11.4 Å². The highest BCUT2D eigenvalue weighted by atomic mass is 16.1. The molecule has 3 aromatic rings. The van der Waals surface area contributed by atoms with Crippen LogP contribution in [0.1, 0.15) is 34.3 Å². The first-order valence-corrected chi connectivity index (χ1v) is 10.2. The molecule has 1 unspecified atom stereocenters. The Bertz CT molecular complexity index is 1120. The molecule has 0 N–H and O–H groups in total. The zero-order chi connectivity index (χ0) is 21.3. The molecular weight excluding hydrogens is 378 g/mol. The maximum atomic E-state index is 13.3. The molecule has 0 bridgehead atoms. The first-order valence-electron chi connectivity index (χ1n) is 10.2. The van der Waals surface area contributed by atoms with Gasteiger partial charge in [0, 0.05) is 43.9 Å². The number of carbonyl (C=O) groups excluding carboxylic acids is 1. The zero-order valence-electron chi connectivity index (χ0n) is 17.5. The van der Waals surface area contributed by atoms with Crippen molar-refractivity contribution < 1.29 is 4.79 Å². The third-order valence-electron chi connectivity index (χ3n) is 5.76. The van der Waals surface area contributed by atoms with Crippen molar-refractivity contribution in [3.05, 3.63) is 69.9 Å². The first-order chi connectivity index (χ1) is 14.5. The molecule has 1 aliphatic heterocycles. The van der Waals surface area contributed by atoms with Crippen LogP contribution in [-0.4, -0.2) is 38.4 Å². The van der Waals surface area contributed by atoms with Gasteiger partial charge in [0.2, 0.25) is 5.95 Å². The summed E-state index contributed by atoms with van der Waals surface area (Å²) >= 11 is 0. The number of Topliss-reactive ketones (excluding diaryl/α,β-unsaturated/α-hetero) is 1. The lowest BCUT2D eigenvalue weighted by atomic mass is 9.86. The summed E-state index contributed by atoms with van der Waals surface area (Å²) in [6.45, 7) is 5.26. The average molecular weight is 403 g/mol. The van der Waals surface area contributed by atoms with Gasteiger partial charge in [-0.1, -0.05) is 18.2 Å². The molecular formula is C23H25N5O2. The minimum atomic E-state index is -0.156. The van der Waals surface area contributed by atoms with Crippen molar-refractivity contribution in [2.45, 2.75) is 26.7 Å². The maximum Gasteiger partial charge on any atom is 0.255 e. The van der Waals surface area contributed by atoms with E-state index in [1.165, 1.54) is 17.0 Å². The fourth-order valence-electron chi connectivity index (χ4n) is 4.16. The van der Waals surface area contributed by atoms with Crippen LogP contribution in [0.3, 0.4) is 0 Å². The number of aryl methyl sites for hydroxylation is 2. The van der Waals surface area contributed by atoms with Crippen molar-refractivity contribution in [2.24, 2.45) is 13.0 Å². The van der Waals surface area contributed by atoms with Crippen LogP contribution < -0.4 is 10.5 Å². The Morgan fingerprint density at radius 1 is 1.13 bits per heavy atom. The molecule has 0 radical (unpaired) electrons. The molecule has 1 fully saturated rings. The summed E-state index contributed by atoms with van der Waals surface area (Å²) in [5.74, 6) is 0.612. The van der Waals surface area contributed by atoms with Gasteiger partial charge in [-0.15, -0.1) is 0 Å². The molecule has 4 rings (SSSR count). The normalized spacial score (nSPS) is 16.5. The summed E-state index contributed by atoms with van der Waals surface area (Å²) < 4.78 is 1.54. The number of ketones is 1. The minimum Gasteiger partial charge on any atom is -0.341 e. The van der Waals surface area contributed by atoms with E-state index in [4.69, 9.17) is 4.98 Å². The van der Waals surface area contributed by atoms with Gasteiger partial charge in [-0.2, -0.15) is 0 Å². The Balaban J connectivity index is 1.66. The van der Waals surface area contributed by atoms with Crippen molar-refractivity contribution in [3.8, 4) is 11.4 Å². The molecule has 1 atom stereocenters. The zero-order valence-corrected chi connectivity index (χ0v) is 17.5. The van der Waals surface area contributed by atoms with E-state index in [-0.39, 0.29) is 17.3 Å². The number of piperidine rings is 1. The van der Waals surface area contributed by atoms with Crippen LogP contribution in [0.2, 0.25) is 0 Å². The van der Waals surface area contributed by atoms with Gasteiger partial charge in [0.1, 0.15) is 6.33 Å². The molecule has 0 spiro atoms. The van der Waals surface area contributed by atoms with E-state index in [1.54, 1.807) is 19.3 Å². The number of nitrogens with zero attached hydrogens (tertiary/aromatic N) is 5. The second kappa shape index (κ2) is 8.18. The van der Waals surface area contributed by atoms with Crippen LogP contribution in [-0.2, 0) is 7.05 Å². The van der Waals surface area contributed by atoms with Crippen molar-refractivity contribution in [1.82, 2.24) is 19.5 Å². The molecule has 154 valence electrons. The second-order valence-corrected chi connectivity index (χ2v) is 7.85. The van der Waals surface area contributed by atoms with E-state index >= 15 is 0 Å². The van der Waals surface area contributed by atoms with E-state index < -0.39 is 0 Å². The fraction of sp³-hybridized carbons (Fsp3) is 0.348. The Morgan fingerprint density at radius 2 is 1.90 bits per heavy atom. The third kappa shape index (κ3) is 3.75. The lowest BCUT2D eigenvalue weighted by Gasteiger charge is -2.34. The number of hydrogen-bond acceptors (Lipinski definition) is 6. The van der Waals surface area contributed by atoms with Crippen molar-refractivity contribution in [2.75, 3.05) is 18.0 Å². The van der Waals surface area contributed by atoms with Crippen LogP contribution in [0.4, 0.5) is 5.95 Å². The highest BCUT2D eigenvalue weighted by molar-refractivity contribution is 6.00. The van der Waals surface area contributed by atoms with Gasteiger partial charge in [-0.3, -0.25) is 14.2 Å². The quantitative estimate of drug-likeness (QED) is 0.623. The number of anilines is 1. The van der Waals surface area contributed by atoms with Gasteiger partial charge in [0.25, 0.3) is 5.56 Å². The predicted octanol–water partition coefficient (Wildman–Crippen LogP) is 2.95. The maximum absolute atomic E-state index is 13.3. The standard InChI is InChI=1S/C23H25N5O2/c1-15-6-4-7-16(2)21(15)22(30)17-8-5-11-28(13-17)23-26-19(12-20(29)27(23)3)18-9-10-24-14-25-18/h4,6-7,9-10,12,14,17H,5,8,11,13H2,1-3H3. The van der Waals surface area contributed by atoms with Crippen molar-refractivity contribution >= 4 is 11.7 Å². The molecule has 1 aromatic carbocycles. The Kier molecular flexibility index (Phi) is 5.44. The van der Waals surface area contributed by atoms with Crippen LogP contribution in [0.15, 0.2) is 47.7 Å². The Labute approximate surface area is 175 Å². The number of benzene rings is 1. The molecule has 1 saturated heterocycles. The number of hydrogen-bond donors (Lipinski definition) is 0.